The van der Waals surface area contributed by atoms with E-state index in [1.807, 2.05) is 29.2 Å². The third kappa shape index (κ3) is 4.06. The van der Waals surface area contributed by atoms with Crippen LogP contribution in [0.2, 0.25) is 0 Å². The second-order valence-corrected chi connectivity index (χ2v) is 12.1. The summed E-state index contributed by atoms with van der Waals surface area (Å²) >= 11 is 0. The zero-order valence-corrected chi connectivity index (χ0v) is 18.5. The van der Waals surface area contributed by atoms with Crippen LogP contribution in [0.5, 0.6) is 5.75 Å². The molecule has 0 spiro atoms. The molecule has 2 aromatic carbocycles. The van der Waals surface area contributed by atoms with Crippen molar-refractivity contribution < 1.29 is 21.6 Å². The third-order valence-electron chi connectivity index (χ3n) is 5.95. The average Bonchev–Trinajstić information content (AvgIpc) is 3.11. The first-order chi connectivity index (χ1) is 14.3. The number of piperazine rings is 1. The number of para-hydroxylation sites is 2. The van der Waals surface area contributed by atoms with Crippen molar-refractivity contribution in [1.82, 2.24) is 4.90 Å². The SMILES string of the molecule is COc1ccccc1N1CCN([C@H]2CS(=O)(=O)C[C@@H]2S(=O)(=O)c2ccccc2)CC1. The smallest absolute Gasteiger partial charge is 0.183 e. The van der Waals surface area contributed by atoms with E-state index < -0.39 is 31.0 Å². The van der Waals surface area contributed by atoms with Gasteiger partial charge in [0.1, 0.15) is 5.75 Å². The molecule has 0 saturated carbocycles. The summed E-state index contributed by atoms with van der Waals surface area (Å²) in [6.45, 7) is 2.54. The Hall–Kier alpha value is -2.10. The molecule has 0 unspecified atom stereocenters. The summed E-state index contributed by atoms with van der Waals surface area (Å²) in [4.78, 5) is 4.41. The van der Waals surface area contributed by atoms with E-state index in [2.05, 4.69) is 4.90 Å². The van der Waals surface area contributed by atoms with Gasteiger partial charge in [-0.2, -0.15) is 0 Å². The Labute approximate surface area is 178 Å². The van der Waals surface area contributed by atoms with Crippen molar-refractivity contribution in [2.45, 2.75) is 16.2 Å². The van der Waals surface area contributed by atoms with E-state index in [9.17, 15) is 16.8 Å². The molecule has 0 aliphatic carbocycles. The number of hydrogen-bond donors (Lipinski definition) is 0. The number of hydrogen-bond acceptors (Lipinski definition) is 7. The van der Waals surface area contributed by atoms with Crippen LogP contribution in [-0.2, 0) is 19.7 Å². The topological polar surface area (TPSA) is 84.0 Å². The lowest BCUT2D eigenvalue weighted by Gasteiger charge is -2.40. The molecule has 30 heavy (non-hydrogen) atoms. The van der Waals surface area contributed by atoms with E-state index in [-0.39, 0.29) is 16.4 Å². The zero-order valence-electron chi connectivity index (χ0n) is 16.8. The fourth-order valence-corrected chi connectivity index (χ4v) is 9.25. The summed E-state index contributed by atoms with van der Waals surface area (Å²) in [5, 5.41) is -0.942. The van der Waals surface area contributed by atoms with E-state index in [0.717, 1.165) is 11.4 Å². The Balaban J connectivity index is 1.54. The van der Waals surface area contributed by atoms with Crippen molar-refractivity contribution in [3.63, 3.8) is 0 Å². The fraction of sp³-hybridized carbons (Fsp3) is 0.429. The minimum absolute atomic E-state index is 0.113. The van der Waals surface area contributed by atoms with E-state index in [1.165, 1.54) is 12.1 Å². The Morgan fingerprint density at radius 2 is 1.53 bits per heavy atom. The van der Waals surface area contributed by atoms with Gasteiger partial charge in [0.2, 0.25) is 0 Å². The zero-order chi connectivity index (χ0) is 21.4. The molecular weight excluding hydrogens is 424 g/mol. The van der Waals surface area contributed by atoms with Gasteiger partial charge in [0.25, 0.3) is 0 Å². The molecule has 9 heteroatoms. The van der Waals surface area contributed by atoms with Crippen molar-refractivity contribution in [2.24, 2.45) is 0 Å². The second-order valence-electron chi connectivity index (χ2n) is 7.74. The number of anilines is 1. The van der Waals surface area contributed by atoms with Crippen LogP contribution in [0.15, 0.2) is 59.5 Å². The first kappa shape index (κ1) is 21.1. The number of rotatable bonds is 5. The van der Waals surface area contributed by atoms with Crippen LogP contribution in [0.4, 0.5) is 5.69 Å². The van der Waals surface area contributed by atoms with Crippen LogP contribution in [0.3, 0.4) is 0 Å². The molecule has 0 bridgehead atoms. The van der Waals surface area contributed by atoms with Gasteiger partial charge < -0.3 is 9.64 Å². The molecule has 2 atom stereocenters. The Morgan fingerprint density at radius 3 is 2.20 bits per heavy atom. The highest BCUT2D eigenvalue weighted by Crippen LogP contribution is 2.32. The molecule has 2 aliphatic heterocycles. The minimum Gasteiger partial charge on any atom is -0.495 e. The van der Waals surface area contributed by atoms with E-state index in [1.54, 1.807) is 25.3 Å². The molecular formula is C21H26N2O5S2. The van der Waals surface area contributed by atoms with Gasteiger partial charge in [-0.15, -0.1) is 0 Å². The predicted molar refractivity (Wildman–Crippen MR) is 117 cm³/mol. The summed E-state index contributed by atoms with van der Waals surface area (Å²) in [6.07, 6.45) is 0. The van der Waals surface area contributed by atoms with Gasteiger partial charge in [-0.05, 0) is 24.3 Å². The highest BCUT2D eigenvalue weighted by atomic mass is 32.2. The molecule has 2 heterocycles. The normalized spacial score (nSPS) is 24.6. The summed E-state index contributed by atoms with van der Waals surface area (Å²) in [7, 11) is -5.52. The van der Waals surface area contributed by atoms with Gasteiger partial charge in [-0.25, -0.2) is 16.8 Å². The van der Waals surface area contributed by atoms with Crippen molar-refractivity contribution in [1.29, 1.82) is 0 Å². The number of sulfone groups is 2. The number of methoxy groups -OCH3 is 1. The van der Waals surface area contributed by atoms with Crippen molar-refractivity contribution >= 4 is 25.4 Å². The van der Waals surface area contributed by atoms with Gasteiger partial charge in [0.15, 0.2) is 19.7 Å². The van der Waals surface area contributed by atoms with E-state index >= 15 is 0 Å². The summed E-state index contributed by atoms with van der Waals surface area (Å²) in [5.74, 6) is 0.360. The lowest BCUT2D eigenvalue weighted by Crippen LogP contribution is -2.55. The summed E-state index contributed by atoms with van der Waals surface area (Å²) < 4.78 is 56.7. The highest BCUT2D eigenvalue weighted by Gasteiger charge is 2.48. The Morgan fingerprint density at radius 1 is 0.900 bits per heavy atom. The Kier molecular flexibility index (Phi) is 5.78. The van der Waals surface area contributed by atoms with Gasteiger partial charge >= 0.3 is 0 Å². The van der Waals surface area contributed by atoms with Crippen LogP contribution in [-0.4, -0.2) is 77.8 Å². The van der Waals surface area contributed by atoms with Crippen LogP contribution < -0.4 is 9.64 Å². The van der Waals surface area contributed by atoms with Crippen LogP contribution in [0, 0.1) is 0 Å². The van der Waals surface area contributed by atoms with Crippen LogP contribution >= 0.6 is 0 Å². The number of ether oxygens (including phenoxy) is 1. The first-order valence-corrected chi connectivity index (χ1v) is 13.3. The molecule has 4 rings (SSSR count). The second kappa shape index (κ2) is 8.20. The van der Waals surface area contributed by atoms with Crippen LogP contribution in [0.1, 0.15) is 0 Å². The molecule has 0 aromatic heterocycles. The average molecular weight is 451 g/mol. The number of benzene rings is 2. The highest BCUT2D eigenvalue weighted by molar-refractivity contribution is 7.96. The predicted octanol–water partition coefficient (Wildman–Crippen LogP) is 1.46. The molecule has 2 aromatic rings. The number of nitrogens with zero attached hydrogens (tertiary/aromatic N) is 2. The van der Waals surface area contributed by atoms with Gasteiger partial charge in [-0.1, -0.05) is 30.3 Å². The van der Waals surface area contributed by atoms with Crippen molar-refractivity contribution in [3.8, 4) is 5.75 Å². The largest absolute Gasteiger partial charge is 0.495 e. The summed E-state index contributed by atoms with van der Waals surface area (Å²) in [6, 6.07) is 15.4. The molecule has 0 N–H and O–H groups in total. The quantitative estimate of drug-likeness (QED) is 0.682. The maximum Gasteiger partial charge on any atom is 0.183 e. The molecule has 7 nitrogen and oxygen atoms in total. The van der Waals surface area contributed by atoms with E-state index in [0.29, 0.717) is 26.2 Å². The minimum atomic E-state index is -3.74. The third-order valence-corrected chi connectivity index (χ3v) is 10.1. The van der Waals surface area contributed by atoms with Gasteiger partial charge in [-0.3, -0.25) is 4.90 Å². The molecule has 0 radical (unpaired) electrons. The van der Waals surface area contributed by atoms with Crippen LogP contribution in [0.25, 0.3) is 0 Å². The monoisotopic (exact) mass is 450 g/mol. The van der Waals surface area contributed by atoms with Crippen molar-refractivity contribution in [3.05, 3.63) is 54.6 Å². The molecule has 2 saturated heterocycles. The standard InChI is InChI=1S/C21H26N2O5S2/c1-28-20-10-6-5-9-18(20)22-11-13-23(14-12-22)19-15-29(24,25)16-21(19)30(26,27)17-7-3-2-4-8-17/h2-10,19,21H,11-16H2,1H3/t19-,21-/m0/s1. The maximum absolute atomic E-state index is 13.2. The van der Waals surface area contributed by atoms with Gasteiger partial charge in [0.05, 0.1) is 34.4 Å². The lowest BCUT2D eigenvalue weighted by atomic mass is 10.1. The molecule has 162 valence electrons. The lowest BCUT2D eigenvalue weighted by molar-refractivity contribution is 0.201. The maximum atomic E-state index is 13.2. The van der Waals surface area contributed by atoms with Gasteiger partial charge in [0, 0.05) is 32.2 Å². The fourth-order valence-electron chi connectivity index (χ4n) is 4.40. The molecule has 2 aliphatic rings. The first-order valence-electron chi connectivity index (χ1n) is 9.93. The van der Waals surface area contributed by atoms with Crippen molar-refractivity contribution in [2.75, 3.05) is 49.7 Å². The summed E-state index contributed by atoms with van der Waals surface area (Å²) in [5.41, 5.74) is 0.993. The Bertz CT molecular complexity index is 1100. The molecule has 0 amide bonds. The van der Waals surface area contributed by atoms with E-state index in [4.69, 9.17) is 4.74 Å². The molecule has 2 fully saturated rings.